The lowest BCUT2D eigenvalue weighted by atomic mass is 10.00. The van der Waals surface area contributed by atoms with Gasteiger partial charge in [0.05, 0.1) is 32.3 Å². The Hall–Kier alpha value is -1.33. The number of rotatable bonds is 14. The number of nitrogens with one attached hydrogen (secondary N) is 1. The lowest BCUT2D eigenvalue weighted by Gasteiger charge is -2.28. The fraction of sp³-hybridized carbons (Fsp3) is 0.720. The molecular formula is C25H39Cl2N6O8PS2. The second-order valence-corrected chi connectivity index (χ2v) is 16.9. The highest BCUT2D eigenvalue weighted by molar-refractivity contribution is 8.13. The van der Waals surface area contributed by atoms with Gasteiger partial charge in [0.25, 0.3) is 6.64 Å². The molecule has 0 radical (unpaired) electrons. The Kier molecular flexibility index (Phi) is 12.7. The number of aliphatic hydroxyl groups excluding tert-OH is 1. The predicted octanol–water partition coefficient (Wildman–Crippen LogP) is 3.73. The first-order chi connectivity index (χ1) is 20.4. The van der Waals surface area contributed by atoms with Crippen LogP contribution in [0.3, 0.4) is 0 Å². The van der Waals surface area contributed by atoms with Crippen LogP contribution in [0, 0.1) is 5.41 Å². The number of ether oxygens (including phenoxy) is 3. The minimum absolute atomic E-state index is 0.0151. The Bertz CT molecular complexity index is 1380. The van der Waals surface area contributed by atoms with Gasteiger partial charge in [0.15, 0.2) is 26.8 Å². The van der Waals surface area contributed by atoms with Crippen LogP contribution in [-0.4, -0.2) is 90.0 Å². The third-order valence-electron chi connectivity index (χ3n) is 5.98. The van der Waals surface area contributed by atoms with Crippen molar-refractivity contribution in [3.8, 4) is 5.88 Å². The minimum atomic E-state index is -3.43. The predicted molar refractivity (Wildman–Crippen MR) is 172 cm³/mol. The summed E-state index contributed by atoms with van der Waals surface area (Å²) >= 11 is 20.1. The first-order valence-corrected chi connectivity index (χ1v) is 18.2. The van der Waals surface area contributed by atoms with Gasteiger partial charge in [-0.25, -0.2) is 10.1 Å². The topological polar surface area (TPSA) is 182 Å². The van der Waals surface area contributed by atoms with E-state index < -0.39 is 46.8 Å². The van der Waals surface area contributed by atoms with Crippen LogP contribution >= 0.6 is 41.6 Å². The summed E-state index contributed by atoms with van der Waals surface area (Å²) < 4.78 is 28.3. The summed E-state index contributed by atoms with van der Waals surface area (Å²) in [5.74, 6) is -0.175. The molecule has 5 atom stereocenters. The Morgan fingerprint density at radius 2 is 1.98 bits per heavy atom. The van der Waals surface area contributed by atoms with Crippen molar-refractivity contribution >= 4 is 81.6 Å². The van der Waals surface area contributed by atoms with E-state index in [1.807, 2.05) is 20.8 Å². The van der Waals surface area contributed by atoms with E-state index in [1.165, 1.54) is 10.9 Å². The molecule has 0 aromatic carbocycles. The number of alkyl halides is 2. The molecule has 1 saturated heterocycles. The average Bonchev–Trinajstić information content (AvgIpc) is 3.42. The van der Waals surface area contributed by atoms with E-state index in [1.54, 1.807) is 27.7 Å². The third kappa shape index (κ3) is 9.14. The van der Waals surface area contributed by atoms with E-state index in [-0.39, 0.29) is 41.9 Å². The Morgan fingerprint density at radius 1 is 1.30 bits per heavy atom. The number of nitrogen functional groups attached to an aromatic ring is 1. The smallest absolute Gasteiger partial charge is 0.323 e. The number of nitrogens with two attached hydrogens (primary N) is 1. The number of aliphatic hydroxyl groups is 1. The van der Waals surface area contributed by atoms with Crippen LogP contribution in [0.1, 0.15) is 54.7 Å². The molecule has 248 valence electrons. The van der Waals surface area contributed by atoms with Crippen LogP contribution in [0.25, 0.3) is 11.2 Å². The molecule has 0 unspecified atom stereocenters. The second kappa shape index (κ2) is 15.1. The van der Waals surface area contributed by atoms with Gasteiger partial charge in [-0.1, -0.05) is 55.7 Å². The van der Waals surface area contributed by atoms with Crippen LogP contribution in [0.15, 0.2) is 6.33 Å². The number of carbonyl (C=O) groups is 2. The lowest BCUT2D eigenvalue weighted by molar-refractivity contribution is -0.149. The fourth-order valence-electron chi connectivity index (χ4n) is 3.84. The number of imidazole rings is 1. The summed E-state index contributed by atoms with van der Waals surface area (Å²) in [5.41, 5.74) is 5.86. The number of fused-ring (bicyclic) bond motifs is 1. The van der Waals surface area contributed by atoms with Crippen molar-refractivity contribution in [1.29, 1.82) is 0 Å². The summed E-state index contributed by atoms with van der Waals surface area (Å²) in [4.78, 5) is 37.4. The first kappa shape index (κ1) is 37.1. The van der Waals surface area contributed by atoms with Gasteiger partial charge in [0.2, 0.25) is 11.8 Å². The van der Waals surface area contributed by atoms with Gasteiger partial charge in [-0.3, -0.25) is 14.2 Å². The first-order valence-electron chi connectivity index (χ1n) is 13.8. The zero-order chi connectivity index (χ0) is 33.0. The molecule has 0 aliphatic carbocycles. The molecule has 19 heteroatoms. The minimum Gasteiger partial charge on any atom is -0.476 e. The van der Waals surface area contributed by atoms with Crippen LogP contribution in [-0.2, 0) is 39.9 Å². The maximum atomic E-state index is 12.5. The highest BCUT2D eigenvalue weighted by atomic mass is 35.5. The summed E-state index contributed by atoms with van der Waals surface area (Å²) in [6, 6.07) is -0.892. The molecule has 0 bridgehead atoms. The molecular weight excluding hydrogens is 678 g/mol. The van der Waals surface area contributed by atoms with Gasteiger partial charge in [0, 0.05) is 11.2 Å². The number of halogens is 2. The Labute approximate surface area is 275 Å². The summed E-state index contributed by atoms with van der Waals surface area (Å²) in [7, 11) is 0. The molecule has 14 nitrogen and oxygen atoms in total. The van der Waals surface area contributed by atoms with Gasteiger partial charge in [0.1, 0.15) is 18.2 Å². The standard InChI is InChI=1S/C25H39Cl2N6O8PS2/c1-8-37-19-16-18(30-23(28)31-19)33(12-29-16)21-25(26,27)17(34)15(41-21)11-39-42(43,32-14(4)20(35)40-13(2)3)38-9-10-44-22(36)24(5,6)7/h12-15,17,21,34H,8-11H2,1-7H3,(H,32,43)(H2,28,30,31)/t14-,15-,17-,21-,42-/m1/s1. The quantitative estimate of drug-likeness (QED) is 0.111. The molecule has 0 spiro atoms. The van der Waals surface area contributed by atoms with E-state index in [4.69, 9.17) is 64.0 Å². The van der Waals surface area contributed by atoms with Gasteiger partial charge < -0.3 is 34.1 Å². The zero-order valence-electron chi connectivity index (χ0n) is 25.5. The van der Waals surface area contributed by atoms with E-state index in [2.05, 4.69) is 20.0 Å². The van der Waals surface area contributed by atoms with Gasteiger partial charge in [-0.2, -0.15) is 9.97 Å². The zero-order valence-corrected chi connectivity index (χ0v) is 29.5. The van der Waals surface area contributed by atoms with Crippen LogP contribution in [0.2, 0.25) is 0 Å². The van der Waals surface area contributed by atoms with Crippen molar-refractivity contribution in [2.75, 3.05) is 31.3 Å². The number of hydrogen-bond acceptors (Lipinski definition) is 14. The lowest BCUT2D eigenvalue weighted by Crippen LogP contribution is -2.39. The van der Waals surface area contributed by atoms with Gasteiger partial charge in [-0.15, -0.1) is 0 Å². The molecule has 3 heterocycles. The number of carbonyl (C=O) groups excluding carboxylic acids is 2. The summed E-state index contributed by atoms with van der Waals surface area (Å²) in [6.07, 6.45) is -2.73. The largest absolute Gasteiger partial charge is 0.476 e. The number of aromatic nitrogens is 4. The number of esters is 1. The maximum Gasteiger partial charge on any atom is 0.323 e. The molecule has 2 aromatic heterocycles. The Balaban J connectivity index is 1.78. The second-order valence-electron chi connectivity index (χ2n) is 11.1. The van der Waals surface area contributed by atoms with Crippen LogP contribution in [0.5, 0.6) is 5.88 Å². The molecule has 3 rings (SSSR count). The van der Waals surface area contributed by atoms with Crippen molar-refractivity contribution in [2.24, 2.45) is 5.41 Å². The van der Waals surface area contributed by atoms with Crippen molar-refractivity contribution in [3.05, 3.63) is 6.33 Å². The molecule has 2 aromatic rings. The maximum absolute atomic E-state index is 12.5. The molecule has 0 saturated carbocycles. The molecule has 1 fully saturated rings. The number of anilines is 1. The fourth-order valence-corrected chi connectivity index (χ4v) is 7.70. The van der Waals surface area contributed by atoms with Crippen molar-refractivity contribution in [1.82, 2.24) is 24.6 Å². The van der Waals surface area contributed by atoms with Gasteiger partial charge >= 0.3 is 5.97 Å². The highest BCUT2D eigenvalue weighted by Gasteiger charge is 2.56. The molecule has 44 heavy (non-hydrogen) atoms. The van der Waals surface area contributed by atoms with Crippen LogP contribution in [0.4, 0.5) is 5.95 Å². The Morgan fingerprint density at radius 3 is 2.59 bits per heavy atom. The molecule has 0 amide bonds. The number of nitrogens with zero attached hydrogens (tertiary/aromatic N) is 4. The average molecular weight is 718 g/mol. The highest BCUT2D eigenvalue weighted by Crippen LogP contribution is 2.50. The summed E-state index contributed by atoms with van der Waals surface area (Å²) in [6.45, 7) is 8.85. The number of hydrogen-bond donors (Lipinski definition) is 3. The van der Waals surface area contributed by atoms with Crippen molar-refractivity contribution in [2.45, 2.75) is 83.4 Å². The monoisotopic (exact) mass is 716 g/mol. The SMILES string of the molecule is CCOc1nc(N)nc2c1ncn2[C@@H]1O[C@H](CO[P@@](=S)(N[C@H](C)C(=O)OC(C)C)OCCSC(=O)C(C)(C)C)[C@@H](O)C1(Cl)Cl. The third-order valence-corrected chi connectivity index (χ3v) is 10.7. The number of thioether (sulfide) groups is 1. The van der Waals surface area contributed by atoms with Crippen molar-refractivity contribution < 1.29 is 38.0 Å². The molecule has 1 aliphatic heterocycles. The molecule has 1 aliphatic rings. The van der Waals surface area contributed by atoms with Gasteiger partial charge in [-0.05, 0) is 39.5 Å². The van der Waals surface area contributed by atoms with Crippen molar-refractivity contribution in [3.63, 3.8) is 0 Å². The molecule has 4 N–H and O–H groups in total. The van der Waals surface area contributed by atoms with E-state index >= 15 is 0 Å². The summed E-state index contributed by atoms with van der Waals surface area (Å²) in [5, 5.41) is 14.0. The van der Waals surface area contributed by atoms with Crippen LogP contribution < -0.4 is 15.6 Å². The normalized spacial score (nSPS) is 22.2. The van der Waals surface area contributed by atoms with E-state index in [0.29, 0.717) is 17.9 Å². The van der Waals surface area contributed by atoms with E-state index in [0.717, 1.165) is 11.8 Å². The van der Waals surface area contributed by atoms with E-state index in [9.17, 15) is 14.7 Å².